The van der Waals surface area contributed by atoms with Gasteiger partial charge in [0.05, 0.1) is 5.92 Å². The van der Waals surface area contributed by atoms with Crippen LogP contribution in [0, 0.1) is 5.92 Å². The molecule has 2 aromatic carbocycles. The van der Waals surface area contributed by atoms with Crippen molar-refractivity contribution < 1.29 is 9.59 Å². The quantitative estimate of drug-likeness (QED) is 0.941. The lowest BCUT2D eigenvalue weighted by Gasteiger charge is -2.17. The van der Waals surface area contributed by atoms with E-state index in [4.69, 9.17) is 0 Å². The van der Waals surface area contributed by atoms with Crippen LogP contribution in [-0.2, 0) is 9.59 Å². The van der Waals surface area contributed by atoms with E-state index in [0.717, 1.165) is 17.1 Å². The lowest BCUT2D eigenvalue weighted by Crippen LogP contribution is -2.28. The average Bonchev–Trinajstić information content (AvgIpc) is 2.98. The van der Waals surface area contributed by atoms with Crippen LogP contribution in [0.2, 0.25) is 0 Å². The second kappa shape index (κ2) is 6.74. The van der Waals surface area contributed by atoms with Crippen LogP contribution in [0.15, 0.2) is 54.6 Å². The third-order valence-electron chi connectivity index (χ3n) is 4.21. The maximum atomic E-state index is 12.5. The fourth-order valence-electron chi connectivity index (χ4n) is 2.83. The Balaban J connectivity index is 1.65. The third kappa shape index (κ3) is 3.40. The van der Waals surface area contributed by atoms with Gasteiger partial charge in [0, 0.05) is 44.1 Å². The summed E-state index contributed by atoms with van der Waals surface area (Å²) in [6.45, 7) is 0.421. The van der Waals surface area contributed by atoms with Gasteiger partial charge >= 0.3 is 0 Å². The van der Waals surface area contributed by atoms with Gasteiger partial charge in [-0.3, -0.25) is 9.59 Å². The molecule has 1 fully saturated rings. The first kappa shape index (κ1) is 16.1. The van der Waals surface area contributed by atoms with E-state index in [0.29, 0.717) is 6.54 Å². The molecule has 1 N–H and O–H groups in total. The predicted octanol–water partition coefficient (Wildman–Crippen LogP) is 2.74. The fourth-order valence-corrected chi connectivity index (χ4v) is 2.83. The number of para-hydroxylation sites is 1. The van der Waals surface area contributed by atoms with Gasteiger partial charge in [0.1, 0.15) is 0 Å². The summed E-state index contributed by atoms with van der Waals surface area (Å²) in [7, 11) is 3.94. The van der Waals surface area contributed by atoms with Crippen LogP contribution in [0.5, 0.6) is 0 Å². The Morgan fingerprint density at radius 1 is 1.08 bits per heavy atom. The number of nitrogens with zero attached hydrogens (tertiary/aromatic N) is 2. The molecule has 1 atom stereocenters. The molecular weight excluding hydrogens is 302 g/mol. The molecule has 1 saturated heterocycles. The Kier molecular flexibility index (Phi) is 4.51. The van der Waals surface area contributed by atoms with E-state index < -0.39 is 0 Å². The zero-order valence-corrected chi connectivity index (χ0v) is 13.9. The van der Waals surface area contributed by atoms with Gasteiger partial charge in [0.2, 0.25) is 11.8 Å². The first-order chi connectivity index (χ1) is 11.5. The van der Waals surface area contributed by atoms with Gasteiger partial charge in [0.25, 0.3) is 0 Å². The van der Waals surface area contributed by atoms with Gasteiger partial charge < -0.3 is 15.1 Å². The molecule has 5 nitrogen and oxygen atoms in total. The summed E-state index contributed by atoms with van der Waals surface area (Å²) in [4.78, 5) is 28.3. The molecule has 0 radical (unpaired) electrons. The van der Waals surface area contributed by atoms with Crippen molar-refractivity contribution in [1.29, 1.82) is 0 Å². The minimum Gasteiger partial charge on any atom is -0.378 e. The van der Waals surface area contributed by atoms with E-state index in [1.807, 2.05) is 73.6 Å². The molecule has 0 aliphatic carbocycles. The van der Waals surface area contributed by atoms with Crippen molar-refractivity contribution in [2.24, 2.45) is 5.92 Å². The highest BCUT2D eigenvalue weighted by molar-refractivity contribution is 6.03. The summed E-state index contributed by atoms with van der Waals surface area (Å²) in [5, 5.41) is 2.91. The summed E-state index contributed by atoms with van der Waals surface area (Å²) in [6.07, 6.45) is 0.247. The molecule has 0 spiro atoms. The SMILES string of the molecule is CN(C)c1ccc(NC(=O)[C@@H]2CC(=O)N(c3ccccc3)C2)cc1. The van der Waals surface area contributed by atoms with Crippen LogP contribution < -0.4 is 15.1 Å². The Labute approximate surface area is 141 Å². The molecule has 3 rings (SSSR count). The standard InChI is InChI=1S/C19H21N3O2/c1-21(2)16-10-8-15(9-11-16)20-19(24)14-12-18(23)22(13-14)17-6-4-3-5-7-17/h3-11,14H,12-13H2,1-2H3,(H,20,24)/t14-/m1/s1. The number of benzene rings is 2. The van der Waals surface area contributed by atoms with Crippen molar-refractivity contribution in [2.45, 2.75) is 6.42 Å². The minimum absolute atomic E-state index is 0.00990. The number of rotatable bonds is 4. The Hall–Kier alpha value is -2.82. The number of amides is 2. The number of carbonyl (C=O) groups excluding carboxylic acids is 2. The molecule has 124 valence electrons. The van der Waals surface area contributed by atoms with Crippen molar-refractivity contribution in [3.05, 3.63) is 54.6 Å². The molecule has 2 amide bonds. The van der Waals surface area contributed by atoms with Gasteiger partial charge in [-0.25, -0.2) is 0 Å². The van der Waals surface area contributed by atoms with Gasteiger partial charge in [-0.1, -0.05) is 18.2 Å². The number of carbonyl (C=O) groups is 2. The molecule has 0 bridgehead atoms. The van der Waals surface area contributed by atoms with E-state index in [-0.39, 0.29) is 24.2 Å². The van der Waals surface area contributed by atoms with Crippen molar-refractivity contribution in [2.75, 3.05) is 35.8 Å². The first-order valence-corrected chi connectivity index (χ1v) is 7.98. The smallest absolute Gasteiger partial charge is 0.229 e. The van der Waals surface area contributed by atoms with Crippen molar-refractivity contribution in [3.63, 3.8) is 0 Å². The molecule has 24 heavy (non-hydrogen) atoms. The third-order valence-corrected chi connectivity index (χ3v) is 4.21. The topological polar surface area (TPSA) is 52.7 Å². The number of hydrogen-bond acceptors (Lipinski definition) is 3. The van der Waals surface area contributed by atoms with Crippen LogP contribution in [-0.4, -0.2) is 32.5 Å². The molecular formula is C19H21N3O2. The van der Waals surface area contributed by atoms with E-state index >= 15 is 0 Å². The Morgan fingerprint density at radius 2 is 1.75 bits per heavy atom. The molecule has 1 aliphatic rings. The average molecular weight is 323 g/mol. The van der Waals surface area contributed by atoms with Gasteiger partial charge in [-0.05, 0) is 36.4 Å². The van der Waals surface area contributed by atoms with Crippen LogP contribution in [0.1, 0.15) is 6.42 Å². The van der Waals surface area contributed by atoms with Crippen LogP contribution in [0.25, 0.3) is 0 Å². The zero-order valence-electron chi connectivity index (χ0n) is 13.9. The molecule has 5 heteroatoms. The first-order valence-electron chi connectivity index (χ1n) is 7.98. The summed E-state index contributed by atoms with van der Waals surface area (Å²) >= 11 is 0. The number of hydrogen-bond donors (Lipinski definition) is 1. The molecule has 0 saturated carbocycles. The van der Waals surface area contributed by atoms with Crippen LogP contribution in [0.3, 0.4) is 0 Å². The second-order valence-corrected chi connectivity index (χ2v) is 6.17. The summed E-state index contributed by atoms with van der Waals surface area (Å²) in [5.41, 5.74) is 2.66. The minimum atomic E-state index is -0.328. The van der Waals surface area contributed by atoms with Crippen LogP contribution >= 0.6 is 0 Å². The molecule has 1 heterocycles. The van der Waals surface area contributed by atoms with E-state index in [9.17, 15) is 9.59 Å². The molecule has 0 unspecified atom stereocenters. The Bertz CT molecular complexity index is 726. The number of nitrogens with one attached hydrogen (secondary N) is 1. The molecule has 1 aliphatic heterocycles. The lowest BCUT2D eigenvalue weighted by molar-refractivity contribution is -0.122. The Morgan fingerprint density at radius 3 is 2.38 bits per heavy atom. The lowest BCUT2D eigenvalue weighted by atomic mass is 10.1. The summed E-state index contributed by atoms with van der Waals surface area (Å²) in [5.74, 6) is -0.449. The van der Waals surface area contributed by atoms with Crippen LogP contribution in [0.4, 0.5) is 17.1 Å². The van der Waals surface area contributed by atoms with Crippen molar-refractivity contribution >= 4 is 28.9 Å². The maximum absolute atomic E-state index is 12.5. The highest BCUT2D eigenvalue weighted by Crippen LogP contribution is 2.26. The van der Waals surface area contributed by atoms with Gasteiger partial charge in [-0.15, -0.1) is 0 Å². The van der Waals surface area contributed by atoms with Gasteiger partial charge in [0.15, 0.2) is 0 Å². The monoisotopic (exact) mass is 323 g/mol. The normalized spacial score (nSPS) is 17.0. The van der Waals surface area contributed by atoms with E-state index in [1.54, 1.807) is 4.90 Å². The van der Waals surface area contributed by atoms with Crippen molar-refractivity contribution in [1.82, 2.24) is 0 Å². The van der Waals surface area contributed by atoms with Gasteiger partial charge in [-0.2, -0.15) is 0 Å². The highest BCUT2D eigenvalue weighted by atomic mass is 16.2. The van der Waals surface area contributed by atoms with E-state index in [2.05, 4.69) is 5.32 Å². The highest BCUT2D eigenvalue weighted by Gasteiger charge is 2.35. The van der Waals surface area contributed by atoms with Crippen molar-refractivity contribution in [3.8, 4) is 0 Å². The number of anilines is 3. The largest absolute Gasteiger partial charge is 0.378 e. The van der Waals surface area contributed by atoms with E-state index in [1.165, 1.54) is 0 Å². The maximum Gasteiger partial charge on any atom is 0.229 e. The second-order valence-electron chi connectivity index (χ2n) is 6.17. The molecule has 2 aromatic rings. The summed E-state index contributed by atoms with van der Waals surface area (Å²) < 4.78 is 0. The molecule has 0 aromatic heterocycles. The zero-order chi connectivity index (χ0) is 17.1. The fraction of sp³-hybridized carbons (Fsp3) is 0.263. The predicted molar refractivity (Wildman–Crippen MR) is 96.3 cm³/mol. The summed E-state index contributed by atoms with van der Waals surface area (Å²) in [6, 6.07) is 17.1.